The van der Waals surface area contributed by atoms with E-state index in [2.05, 4.69) is 19.2 Å². The number of carboxylic acids is 1. The van der Waals surface area contributed by atoms with E-state index in [9.17, 15) is 9.90 Å². The van der Waals surface area contributed by atoms with Gasteiger partial charge >= 0.3 is 5.97 Å². The van der Waals surface area contributed by atoms with E-state index in [1.807, 2.05) is 11.8 Å². The number of nitrogens with one attached hydrogen (secondary N) is 1. The van der Waals surface area contributed by atoms with Crippen molar-refractivity contribution in [1.29, 1.82) is 0 Å². The van der Waals surface area contributed by atoms with Gasteiger partial charge in [-0.25, -0.2) is 0 Å². The van der Waals surface area contributed by atoms with Crippen LogP contribution in [0.4, 0.5) is 0 Å². The maximum absolute atomic E-state index is 11.3. The molecule has 0 unspecified atom stereocenters. The number of carboxylic acid groups (broad SMARTS) is 1. The van der Waals surface area contributed by atoms with Gasteiger partial charge in [-0.2, -0.15) is 11.8 Å². The molecule has 0 bridgehead atoms. The van der Waals surface area contributed by atoms with Crippen LogP contribution >= 0.6 is 11.8 Å². The average Bonchev–Trinajstić information content (AvgIpc) is 2.18. The molecule has 1 fully saturated rings. The molecule has 4 heteroatoms. The largest absolute Gasteiger partial charge is 0.480 e. The Bertz CT molecular complexity index is 213. The Labute approximate surface area is 96.0 Å². The molecule has 0 spiro atoms. The molecule has 1 aliphatic heterocycles. The number of hydrogen-bond donors (Lipinski definition) is 2. The van der Waals surface area contributed by atoms with E-state index in [-0.39, 0.29) is 0 Å². The van der Waals surface area contributed by atoms with Gasteiger partial charge in [-0.3, -0.25) is 4.79 Å². The summed E-state index contributed by atoms with van der Waals surface area (Å²) >= 11 is 1.85. The summed E-state index contributed by atoms with van der Waals surface area (Å²) in [4.78, 5) is 11.3. The molecule has 88 valence electrons. The SMILES string of the molecule is CC(C)CCNC1(C(=O)O)CCSCC1. The maximum Gasteiger partial charge on any atom is 0.323 e. The third-order valence-corrected chi connectivity index (χ3v) is 3.93. The summed E-state index contributed by atoms with van der Waals surface area (Å²) < 4.78 is 0. The second kappa shape index (κ2) is 5.75. The third-order valence-electron chi connectivity index (χ3n) is 2.94. The first-order chi connectivity index (χ1) is 7.07. The quantitative estimate of drug-likeness (QED) is 0.759. The monoisotopic (exact) mass is 231 g/mol. The van der Waals surface area contributed by atoms with E-state index in [0.29, 0.717) is 5.92 Å². The maximum atomic E-state index is 11.3. The Morgan fingerprint density at radius 3 is 2.53 bits per heavy atom. The van der Waals surface area contributed by atoms with Crippen LogP contribution in [-0.2, 0) is 4.79 Å². The number of carbonyl (C=O) groups is 1. The smallest absolute Gasteiger partial charge is 0.323 e. The van der Waals surface area contributed by atoms with Gasteiger partial charge in [0, 0.05) is 0 Å². The van der Waals surface area contributed by atoms with Crippen LogP contribution in [0.15, 0.2) is 0 Å². The fourth-order valence-electron chi connectivity index (χ4n) is 1.79. The first kappa shape index (κ1) is 12.8. The normalized spacial score (nSPS) is 20.5. The molecule has 2 N–H and O–H groups in total. The van der Waals surface area contributed by atoms with E-state index >= 15 is 0 Å². The van der Waals surface area contributed by atoms with E-state index in [4.69, 9.17) is 0 Å². The van der Waals surface area contributed by atoms with Crippen molar-refractivity contribution in [2.24, 2.45) is 5.92 Å². The van der Waals surface area contributed by atoms with Crippen LogP contribution in [0, 0.1) is 5.92 Å². The first-order valence-corrected chi connectivity index (χ1v) is 6.78. The molecule has 1 heterocycles. The number of thioether (sulfide) groups is 1. The Hall–Kier alpha value is -0.220. The van der Waals surface area contributed by atoms with Crippen LogP contribution in [0.3, 0.4) is 0 Å². The molecule has 3 nitrogen and oxygen atoms in total. The zero-order chi connectivity index (χ0) is 11.3. The molecular formula is C11H21NO2S. The third kappa shape index (κ3) is 3.68. The molecule has 0 aromatic rings. The van der Waals surface area contributed by atoms with E-state index in [1.165, 1.54) is 0 Å². The second-order valence-corrected chi connectivity index (χ2v) is 5.83. The van der Waals surface area contributed by atoms with Gasteiger partial charge in [0.15, 0.2) is 0 Å². The van der Waals surface area contributed by atoms with Crippen LogP contribution < -0.4 is 5.32 Å². The van der Waals surface area contributed by atoms with Gasteiger partial charge in [-0.1, -0.05) is 13.8 Å². The zero-order valence-corrected chi connectivity index (χ0v) is 10.4. The summed E-state index contributed by atoms with van der Waals surface area (Å²) in [6, 6.07) is 0. The van der Waals surface area contributed by atoms with Gasteiger partial charge in [0.1, 0.15) is 5.54 Å². The Morgan fingerprint density at radius 1 is 1.47 bits per heavy atom. The summed E-state index contributed by atoms with van der Waals surface area (Å²) in [5.74, 6) is 1.87. The zero-order valence-electron chi connectivity index (χ0n) is 9.58. The molecule has 0 radical (unpaired) electrons. The van der Waals surface area contributed by atoms with Crippen molar-refractivity contribution >= 4 is 17.7 Å². The molecule has 0 atom stereocenters. The molecule has 0 saturated carbocycles. The summed E-state index contributed by atoms with van der Waals surface area (Å²) in [5.41, 5.74) is -0.639. The molecule has 0 amide bonds. The van der Waals surface area contributed by atoms with Crippen molar-refractivity contribution in [3.63, 3.8) is 0 Å². The lowest BCUT2D eigenvalue weighted by Crippen LogP contribution is -2.54. The van der Waals surface area contributed by atoms with Gasteiger partial charge in [-0.15, -0.1) is 0 Å². The standard InChI is InChI=1S/C11H21NO2S/c1-9(2)3-6-12-11(10(13)14)4-7-15-8-5-11/h9,12H,3-8H2,1-2H3,(H,13,14). The minimum absolute atomic E-state index is 0.626. The molecule has 15 heavy (non-hydrogen) atoms. The highest BCUT2D eigenvalue weighted by atomic mass is 32.2. The number of aliphatic carboxylic acids is 1. The van der Waals surface area contributed by atoms with Crippen molar-refractivity contribution in [2.45, 2.75) is 38.6 Å². The summed E-state index contributed by atoms with van der Waals surface area (Å²) in [6.45, 7) is 5.13. The Kier molecular flexibility index (Phi) is 4.93. The van der Waals surface area contributed by atoms with E-state index < -0.39 is 11.5 Å². The van der Waals surface area contributed by atoms with Gasteiger partial charge < -0.3 is 10.4 Å². The Balaban J connectivity index is 2.46. The number of hydrogen-bond acceptors (Lipinski definition) is 3. The van der Waals surface area contributed by atoms with Crippen LogP contribution in [0.5, 0.6) is 0 Å². The van der Waals surface area contributed by atoms with Crippen molar-refractivity contribution in [3.05, 3.63) is 0 Å². The second-order valence-electron chi connectivity index (χ2n) is 4.61. The van der Waals surface area contributed by atoms with Crippen LogP contribution in [0.25, 0.3) is 0 Å². The van der Waals surface area contributed by atoms with Gasteiger partial charge in [0.2, 0.25) is 0 Å². The Morgan fingerprint density at radius 2 is 2.07 bits per heavy atom. The van der Waals surface area contributed by atoms with Gasteiger partial charge in [0.05, 0.1) is 0 Å². The van der Waals surface area contributed by atoms with Crippen molar-refractivity contribution in [3.8, 4) is 0 Å². The molecular weight excluding hydrogens is 210 g/mol. The van der Waals surface area contributed by atoms with Crippen molar-refractivity contribution in [2.75, 3.05) is 18.1 Å². The van der Waals surface area contributed by atoms with Crippen LogP contribution in [0.2, 0.25) is 0 Å². The summed E-state index contributed by atoms with van der Waals surface area (Å²) in [7, 11) is 0. The molecule has 0 aromatic carbocycles. The van der Waals surface area contributed by atoms with E-state index in [1.54, 1.807) is 0 Å². The lowest BCUT2D eigenvalue weighted by molar-refractivity contribution is -0.145. The van der Waals surface area contributed by atoms with Crippen molar-refractivity contribution in [1.82, 2.24) is 5.32 Å². The van der Waals surface area contributed by atoms with Crippen LogP contribution in [-0.4, -0.2) is 34.7 Å². The fourth-order valence-corrected chi connectivity index (χ4v) is 2.98. The minimum atomic E-state index is -0.674. The molecule has 1 rings (SSSR count). The summed E-state index contributed by atoms with van der Waals surface area (Å²) in [6.07, 6.45) is 2.55. The fraction of sp³-hybridized carbons (Fsp3) is 0.909. The van der Waals surface area contributed by atoms with Crippen molar-refractivity contribution < 1.29 is 9.90 Å². The van der Waals surface area contributed by atoms with E-state index in [0.717, 1.165) is 37.3 Å². The minimum Gasteiger partial charge on any atom is -0.480 e. The highest BCUT2D eigenvalue weighted by Crippen LogP contribution is 2.27. The topological polar surface area (TPSA) is 49.3 Å². The molecule has 1 saturated heterocycles. The lowest BCUT2D eigenvalue weighted by atomic mass is 9.92. The lowest BCUT2D eigenvalue weighted by Gasteiger charge is -2.34. The summed E-state index contributed by atoms with van der Waals surface area (Å²) in [5, 5.41) is 12.5. The van der Waals surface area contributed by atoms with Gasteiger partial charge in [-0.05, 0) is 43.2 Å². The molecule has 0 aliphatic carbocycles. The molecule has 0 aromatic heterocycles. The van der Waals surface area contributed by atoms with Crippen LogP contribution in [0.1, 0.15) is 33.1 Å². The predicted octanol–water partition coefficient (Wildman–Crippen LogP) is 1.97. The molecule has 1 aliphatic rings. The van der Waals surface area contributed by atoms with Gasteiger partial charge in [0.25, 0.3) is 0 Å². The highest BCUT2D eigenvalue weighted by Gasteiger charge is 2.39. The average molecular weight is 231 g/mol. The first-order valence-electron chi connectivity index (χ1n) is 5.63. The highest BCUT2D eigenvalue weighted by molar-refractivity contribution is 7.99. The number of rotatable bonds is 5. The predicted molar refractivity (Wildman–Crippen MR) is 64.4 cm³/mol.